The van der Waals surface area contributed by atoms with E-state index in [1.54, 1.807) is 0 Å². The van der Waals surface area contributed by atoms with E-state index in [0.29, 0.717) is 22.7 Å². The molecule has 0 radical (unpaired) electrons. The second kappa shape index (κ2) is 4.92. The van der Waals surface area contributed by atoms with Gasteiger partial charge in [-0.25, -0.2) is 9.97 Å². The maximum atomic E-state index is 5.04. The molecule has 0 aliphatic heterocycles. The minimum Gasteiger partial charge on any atom is -0.325 e. The Labute approximate surface area is 162 Å². The quantitative estimate of drug-likeness (QED) is 0.759. The molecule has 0 spiro atoms. The van der Waals surface area contributed by atoms with Crippen molar-refractivity contribution in [3.05, 3.63) is 46.8 Å². The highest BCUT2D eigenvalue weighted by Crippen LogP contribution is 2.62. The molecule has 2 aromatic rings. The van der Waals surface area contributed by atoms with Gasteiger partial charge in [-0.15, -0.1) is 0 Å². The second-order valence-corrected chi connectivity index (χ2v) is 10.6. The van der Waals surface area contributed by atoms with Gasteiger partial charge < -0.3 is 5.32 Å². The zero-order valence-electron chi connectivity index (χ0n) is 16.8. The lowest BCUT2D eigenvalue weighted by Gasteiger charge is -2.56. The van der Waals surface area contributed by atoms with Gasteiger partial charge in [0.2, 0.25) is 0 Å². The summed E-state index contributed by atoms with van der Waals surface area (Å²) in [6, 6.07) is 8.86. The Morgan fingerprint density at radius 3 is 1.59 bits per heavy atom. The van der Waals surface area contributed by atoms with Crippen LogP contribution < -0.4 is 5.32 Å². The molecular formula is C24H29N3. The van der Waals surface area contributed by atoms with Crippen LogP contribution in [0.3, 0.4) is 0 Å². The fourth-order valence-electron chi connectivity index (χ4n) is 6.41. The van der Waals surface area contributed by atoms with E-state index in [0.717, 1.165) is 23.5 Å². The second-order valence-electron chi connectivity index (χ2n) is 10.6. The van der Waals surface area contributed by atoms with Crippen molar-refractivity contribution in [1.29, 1.82) is 0 Å². The van der Waals surface area contributed by atoms with Crippen LogP contribution in [0, 0.1) is 22.7 Å². The van der Waals surface area contributed by atoms with Gasteiger partial charge in [-0.3, -0.25) is 0 Å². The number of pyridine rings is 2. The summed E-state index contributed by atoms with van der Waals surface area (Å²) in [5.74, 6) is 4.82. The van der Waals surface area contributed by atoms with E-state index >= 15 is 0 Å². The van der Waals surface area contributed by atoms with Gasteiger partial charge in [0.25, 0.3) is 0 Å². The number of nitrogens with zero attached hydrogens (tertiary/aromatic N) is 2. The van der Waals surface area contributed by atoms with E-state index in [-0.39, 0.29) is 0 Å². The molecule has 0 amide bonds. The molecule has 4 bridgehead atoms. The Kier molecular flexibility index (Phi) is 2.94. The summed E-state index contributed by atoms with van der Waals surface area (Å²) >= 11 is 0. The lowest BCUT2D eigenvalue weighted by molar-refractivity contribution is 0.0155. The van der Waals surface area contributed by atoms with Crippen molar-refractivity contribution >= 4 is 11.6 Å². The van der Waals surface area contributed by atoms with Gasteiger partial charge in [0.05, 0.1) is 0 Å². The third-order valence-corrected chi connectivity index (χ3v) is 8.81. The first-order valence-electron chi connectivity index (χ1n) is 10.6. The average molecular weight is 360 g/mol. The zero-order chi connectivity index (χ0) is 18.6. The molecular weight excluding hydrogens is 330 g/mol. The first-order chi connectivity index (χ1) is 12.8. The third kappa shape index (κ3) is 2.03. The molecule has 2 heterocycles. The van der Waals surface area contributed by atoms with Crippen LogP contribution in [0.2, 0.25) is 0 Å². The Hall–Kier alpha value is -1.90. The van der Waals surface area contributed by atoms with E-state index in [1.165, 1.54) is 48.2 Å². The molecule has 2 saturated carbocycles. The standard InChI is InChI=1S/C24H29N3/c1-23(2)15-9-13-5-7-19(26-21(13)17(23)11-15)25-20-8-6-14-10-16-12-18(22(14)27-20)24(16,3)4/h5-8,15-18H,9-12H2,1-4H3,(H,25,26,27)/t15-,16-,17-,18-/m0/s1. The van der Waals surface area contributed by atoms with Gasteiger partial charge in [-0.05, 0) is 71.6 Å². The fourth-order valence-corrected chi connectivity index (χ4v) is 6.41. The summed E-state index contributed by atoms with van der Waals surface area (Å²) in [6.07, 6.45) is 5.01. The fraction of sp³-hybridized carbons (Fsp3) is 0.583. The minimum atomic E-state index is 0.412. The number of nitrogens with one attached hydrogen (secondary N) is 1. The van der Waals surface area contributed by atoms with Crippen molar-refractivity contribution in [2.24, 2.45) is 22.7 Å². The zero-order valence-corrected chi connectivity index (χ0v) is 16.8. The van der Waals surface area contributed by atoms with Crippen LogP contribution in [0.4, 0.5) is 11.6 Å². The van der Waals surface area contributed by atoms with Crippen LogP contribution >= 0.6 is 0 Å². The summed E-state index contributed by atoms with van der Waals surface area (Å²) in [6.45, 7) is 9.65. The van der Waals surface area contributed by atoms with Crippen LogP contribution in [0.1, 0.15) is 74.9 Å². The topological polar surface area (TPSA) is 37.8 Å². The average Bonchev–Trinajstić information content (AvgIpc) is 2.66. The highest BCUT2D eigenvalue weighted by Gasteiger charge is 2.54. The molecule has 140 valence electrons. The van der Waals surface area contributed by atoms with E-state index in [4.69, 9.17) is 9.97 Å². The van der Waals surface area contributed by atoms with Crippen molar-refractivity contribution < 1.29 is 0 Å². The van der Waals surface area contributed by atoms with Gasteiger partial charge >= 0.3 is 0 Å². The largest absolute Gasteiger partial charge is 0.325 e. The number of aromatic nitrogens is 2. The van der Waals surface area contributed by atoms with Gasteiger partial charge in [0.15, 0.2) is 0 Å². The summed E-state index contributed by atoms with van der Waals surface area (Å²) in [5.41, 5.74) is 6.40. The molecule has 27 heavy (non-hydrogen) atoms. The van der Waals surface area contributed by atoms with Crippen LogP contribution in [-0.2, 0) is 12.8 Å². The molecule has 0 unspecified atom stereocenters. The lowest BCUT2D eigenvalue weighted by atomic mass is 9.48. The first-order valence-corrected chi connectivity index (χ1v) is 10.6. The lowest BCUT2D eigenvalue weighted by Crippen LogP contribution is -2.48. The number of hydrogen-bond acceptors (Lipinski definition) is 3. The molecule has 0 saturated heterocycles. The smallest absolute Gasteiger partial charge is 0.131 e. The number of rotatable bonds is 2. The third-order valence-electron chi connectivity index (χ3n) is 8.81. The summed E-state index contributed by atoms with van der Waals surface area (Å²) < 4.78 is 0. The van der Waals surface area contributed by atoms with Crippen molar-refractivity contribution in [3.8, 4) is 0 Å². The monoisotopic (exact) mass is 359 g/mol. The summed E-state index contributed by atoms with van der Waals surface area (Å²) in [4.78, 5) is 10.1. The molecule has 3 heteroatoms. The number of hydrogen-bond donors (Lipinski definition) is 1. The normalized spacial score (nSPS) is 33.2. The highest BCUT2D eigenvalue weighted by atomic mass is 15.1. The van der Waals surface area contributed by atoms with E-state index in [9.17, 15) is 0 Å². The van der Waals surface area contributed by atoms with E-state index in [2.05, 4.69) is 57.3 Å². The van der Waals surface area contributed by atoms with Gasteiger partial charge in [-0.1, -0.05) is 39.8 Å². The molecule has 0 aromatic carbocycles. The van der Waals surface area contributed by atoms with Gasteiger partial charge in [-0.2, -0.15) is 0 Å². The van der Waals surface area contributed by atoms with Crippen molar-refractivity contribution in [2.75, 3.05) is 5.32 Å². The molecule has 1 N–H and O–H groups in total. The minimum absolute atomic E-state index is 0.412. The molecule has 2 fully saturated rings. The van der Waals surface area contributed by atoms with E-state index < -0.39 is 0 Å². The molecule has 6 aliphatic carbocycles. The molecule has 3 nitrogen and oxygen atoms in total. The Morgan fingerprint density at radius 2 is 1.19 bits per heavy atom. The van der Waals surface area contributed by atoms with Crippen LogP contribution in [0.25, 0.3) is 0 Å². The predicted molar refractivity (Wildman–Crippen MR) is 108 cm³/mol. The van der Waals surface area contributed by atoms with Crippen LogP contribution in [0.5, 0.6) is 0 Å². The maximum Gasteiger partial charge on any atom is 0.131 e. The molecule has 2 aromatic heterocycles. The Morgan fingerprint density at radius 1 is 0.741 bits per heavy atom. The van der Waals surface area contributed by atoms with E-state index in [1.807, 2.05) is 0 Å². The van der Waals surface area contributed by atoms with Gasteiger partial charge in [0, 0.05) is 23.2 Å². The summed E-state index contributed by atoms with van der Waals surface area (Å²) in [5, 5.41) is 3.51. The van der Waals surface area contributed by atoms with Crippen molar-refractivity contribution in [1.82, 2.24) is 9.97 Å². The summed E-state index contributed by atoms with van der Waals surface area (Å²) in [7, 11) is 0. The van der Waals surface area contributed by atoms with Gasteiger partial charge in [0.1, 0.15) is 11.6 Å². The highest BCUT2D eigenvalue weighted by molar-refractivity contribution is 5.55. The van der Waals surface area contributed by atoms with Crippen molar-refractivity contribution in [3.63, 3.8) is 0 Å². The molecule has 8 rings (SSSR count). The van der Waals surface area contributed by atoms with Crippen LogP contribution in [0.15, 0.2) is 24.3 Å². The number of anilines is 2. The Bertz CT molecular complexity index is 881. The maximum absolute atomic E-state index is 5.04. The van der Waals surface area contributed by atoms with Crippen LogP contribution in [-0.4, -0.2) is 9.97 Å². The Balaban J connectivity index is 1.31. The predicted octanol–water partition coefficient (Wildman–Crippen LogP) is 5.59. The van der Waals surface area contributed by atoms with Crippen molar-refractivity contribution in [2.45, 2.75) is 65.2 Å². The molecule has 4 atom stereocenters. The SMILES string of the molecule is CC1(C)[C@H]2Cc3ccc(Nc4ccc5c(n4)[C@@H]4C[C@H](C5)C4(C)C)nc3[C@@H]1C2. The molecule has 6 aliphatic rings. The first kappa shape index (κ1) is 16.1.